The van der Waals surface area contributed by atoms with Crippen molar-refractivity contribution in [3.05, 3.63) is 39.9 Å². The fourth-order valence-corrected chi connectivity index (χ4v) is 4.92. The monoisotopic (exact) mass is 418 g/mol. The number of nitrogens with one attached hydrogen (secondary N) is 1. The van der Waals surface area contributed by atoms with Crippen LogP contribution < -0.4 is 5.32 Å². The number of anilines is 1. The van der Waals surface area contributed by atoms with Crippen LogP contribution in [0.4, 0.5) is 5.13 Å². The van der Waals surface area contributed by atoms with Crippen LogP contribution in [-0.4, -0.2) is 39.5 Å². The van der Waals surface area contributed by atoms with Gasteiger partial charge in [-0.15, -0.1) is 10.2 Å². The molecule has 2 fully saturated rings. The molecule has 1 aliphatic carbocycles. The largest absolute Gasteiger partial charge is 0.339 e. The minimum atomic E-state index is -0.307. The van der Waals surface area contributed by atoms with E-state index < -0.39 is 0 Å². The van der Waals surface area contributed by atoms with Crippen molar-refractivity contribution in [3.63, 3.8) is 0 Å². The molecule has 1 saturated heterocycles. The molecule has 2 amide bonds. The molecule has 0 spiro atoms. The first-order valence-electron chi connectivity index (χ1n) is 9.75. The number of halogens is 1. The van der Waals surface area contributed by atoms with Gasteiger partial charge in [-0.2, -0.15) is 0 Å². The molecule has 2 aromatic rings. The Morgan fingerprint density at radius 1 is 1.18 bits per heavy atom. The van der Waals surface area contributed by atoms with Gasteiger partial charge < -0.3 is 10.2 Å². The molecule has 1 atom stereocenters. The summed E-state index contributed by atoms with van der Waals surface area (Å²) in [6.07, 6.45) is 6.65. The molecule has 1 aromatic carbocycles. The van der Waals surface area contributed by atoms with Crippen LogP contribution in [-0.2, 0) is 16.0 Å². The van der Waals surface area contributed by atoms with Gasteiger partial charge >= 0.3 is 0 Å². The molecular formula is C20H23ClN4O2S. The Hall–Kier alpha value is -1.99. The molecule has 0 radical (unpaired) electrons. The Bertz CT molecular complexity index is 848. The zero-order valence-corrected chi connectivity index (χ0v) is 17.1. The van der Waals surface area contributed by atoms with Gasteiger partial charge in [0.2, 0.25) is 16.9 Å². The van der Waals surface area contributed by atoms with E-state index in [4.69, 9.17) is 11.6 Å². The van der Waals surface area contributed by atoms with Crippen LogP contribution in [0.5, 0.6) is 0 Å². The predicted octanol–water partition coefficient (Wildman–Crippen LogP) is 3.90. The fourth-order valence-electron chi connectivity index (χ4n) is 4.01. The summed E-state index contributed by atoms with van der Waals surface area (Å²) < 4.78 is 0. The number of carbonyl (C=O) groups is 2. The van der Waals surface area contributed by atoms with Crippen LogP contribution in [0.25, 0.3) is 0 Å². The maximum Gasteiger partial charge on any atom is 0.231 e. The van der Waals surface area contributed by atoms with Crippen LogP contribution >= 0.6 is 22.9 Å². The molecule has 6 nitrogen and oxygen atoms in total. The Morgan fingerprint density at radius 3 is 2.68 bits per heavy atom. The zero-order chi connectivity index (χ0) is 19.5. The SMILES string of the molecule is O=C(Nc1nnc(Cc2ccc(Cl)cc2)s1)C1CC(=O)N(C2CCCCC2)C1. The van der Waals surface area contributed by atoms with E-state index >= 15 is 0 Å². The lowest BCUT2D eigenvalue weighted by atomic mass is 9.94. The third-order valence-electron chi connectivity index (χ3n) is 5.51. The lowest BCUT2D eigenvalue weighted by Crippen LogP contribution is -2.38. The number of benzene rings is 1. The van der Waals surface area contributed by atoms with Crippen LogP contribution in [0, 0.1) is 5.92 Å². The fraction of sp³-hybridized carbons (Fsp3) is 0.500. The zero-order valence-electron chi connectivity index (χ0n) is 15.6. The van der Waals surface area contributed by atoms with E-state index in [9.17, 15) is 9.59 Å². The topological polar surface area (TPSA) is 75.2 Å². The van der Waals surface area contributed by atoms with Gasteiger partial charge in [0.1, 0.15) is 5.01 Å². The van der Waals surface area contributed by atoms with E-state index in [0.717, 1.165) is 23.4 Å². The maximum absolute atomic E-state index is 12.6. The van der Waals surface area contributed by atoms with E-state index in [1.807, 2.05) is 29.2 Å². The van der Waals surface area contributed by atoms with Gasteiger partial charge in [0.05, 0.1) is 5.92 Å². The first kappa shape index (κ1) is 19.3. The molecule has 2 heterocycles. The van der Waals surface area contributed by atoms with E-state index in [-0.39, 0.29) is 17.7 Å². The highest BCUT2D eigenvalue weighted by atomic mass is 35.5. The second kappa shape index (κ2) is 8.57. The molecule has 1 aliphatic heterocycles. The van der Waals surface area contributed by atoms with Gasteiger partial charge in [-0.25, -0.2) is 0 Å². The van der Waals surface area contributed by atoms with Crippen LogP contribution in [0.15, 0.2) is 24.3 Å². The average molecular weight is 419 g/mol. The number of hydrogen-bond acceptors (Lipinski definition) is 5. The lowest BCUT2D eigenvalue weighted by molar-refractivity contribution is -0.130. The normalized spacial score (nSPS) is 20.5. The molecule has 1 N–H and O–H groups in total. The summed E-state index contributed by atoms with van der Waals surface area (Å²) in [6.45, 7) is 0.520. The van der Waals surface area contributed by atoms with E-state index in [1.165, 1.54) is 30.6 Å². The van der Waals surface area contributed by atoms with E-state index in [2.05, 4.69) is 15.5 Å². The first-order valence-corrected chi connectivity index (χ1v) is 10.9. The van der Waals surface area contributed by atoms with Gasteiger partial charge in [0, 0.05) is 30.5 Å². The molecule has 4 rings (SSSR count). The van der Waals surface area contributed by atoms with Crippen molar-refractivity contribution in [2.45, 2.75) is 51.0 Å². The molecule has 1 saturated carbocycles. The molecule has 1 unspecified atom stereocenters. The van der Waals surface area contributed by atoms with Gasteiger partial charge in [-0.3, -0.25) is 9.59 Å². The van der Waals surface area contributed by atoms with Gasteiger partial charge in [-0.1, -0.05) is 54.3 Å². The maximum atomic E-state index is 12.6. The second-order valence-corrected chi connectivity index (χ2v) is 9.03. The molecule has 2 aliphatic rings. The smallest absolute Gasteiger partial charge is 0.231 e. The second-order valence-electron chi connectivity index (χ2n) is 7.53. The summed E-state index contributed by atoms with van der Waals surface area (Å²) in [5.41, 5.74) is 1.09. The highest BCUT2D eigenvalue weighted by molar-refractivity contribution is 7.15. The Balaban J connectivity index is 1.33. The molecular weight excluding hydrogens is 396 g/mol. The molecule has 1 aromatic heterocycles. The summed E-state index contributed by atoms with van der Waals surface area (Å²) in [6, 6.07) is 7.90. The lowest BCUT2D eigenvalue weighted by Gasteiger charge is -2.31. The third kappa shape index (κ3) is 4.52. The number of likely N-dealkylation sites (tertiary alicyclic amines) is 1. The highest BCUT2D eigenvalue weighted by Crippen LogP contribution is 2.29. The number of hydrogen-bond donors (Lipinski definition) is 1. The summed E-state index contributed by atoms with van der Waals surface area (Å²) in [4.78, 5) is 26.9. The van der Waals surface area contributed by atoms with Crippen molar-refractivity contribution in [1.29, 1.82) is 0 Å². The number of carbonyl (C=O) groups excluding carboxylic acids is 2. The summed E-state index contributed by atoms with van der Waals surface area (Å²) >= 11 is 7.27. The Labute approximate surface area is 173 Å². The van der Waals surface area contributed by atoms with Crippen molar-refractivity contribution in [2.75, 3.05) is 11.9 Å². The number of rotatable bonds is 5. The highest BCUT2D eigenvalue weighted by Gasteiger charge is 2.38. The Kier molecular flexibility index (Phi) is 5.92. The molecule has 0 bridgehead atoms. The van der Waals surface area contributed by atoms with Crippen molar-refractivity contribution in [2.24, 2.45) is 5.92 Å². The van der Waals surface area contributed by atoms with Crippen LogP contribution in [0.2, 0.25) is 5.02 Å². The summed E-state index contributed by atoms with van der Waals surface area (Å²) in [7, 11) is 0. The number of aromatic nitrogens is 2. The molecule has 28 heavy (non-hydrogen) atoms. The van der Waals surface area contributed by atoms with E-state index in [1.54, 1.807) is 0 Å². The number of nitrogens with zero attached hydrogens (tertiary/aromatic N) is 3. The first-order chi connectivity index (χ1) is 13.6. The third-order valence-corrected chi connectivity index (χ3v) is 6.60. The van der Waals surface area contributed by atoms with Crippen LogP contribution in [0.3, 0.4) is 0 Å². The van der Waals surface area contributed by atoms with Gasteiger partial charge in [0.25, 0.3) is 0 Å². The molecule has 148 valence electrons. The Morgan fingerprint density at radius 2 is 1.93 bits per heavy atom. The minimum Gasteiger partial charge on any atom is -0.339 e. The average Bonchev–Trinajstić information content (AvgIpc) is 3.31. The standard InChI is InChI=1S/C20H23ClN4O2S/c21-15-8-6-13(7-9-15)10-17-23-24-20(28-17)22-19(27)14-11-18(26)25(12-14)16-4-2-1-3-5-16/h6-9,14,16H,1-5,10-12H2,(H,22,24,27). The van der Waals surface area contributed by atoms with E-state index in [0.29, 0.717) is 35.6 Å². The quantitative estimate of drug-likeness (QED) is 0.798. The number of amides is 2. The predicted molar refractivity (Wildman–Crippen MR) is 109 cm³/mol. The van der Waals surface area contributed by atoms with Gasteiger partial charge in [-0.05, 0) is 30.5 Å². The summed E-state index contributed by atoms with van der Waals surface area (Å²) in [5.74, 6) is -0.341. The van der Waals surface area contributed by atoms with Crippen molar-refractivity contribution in [3.8, 4) is 0 Å². The van der Waals surface area contributed by atoms with Crippen molar-refractivity contribution < 1.29 is 9.59 Å². The van der Waals surface area contributed by atoms with Crippen molar-refractivity contribution in [1.82, 2.24) is 15.1 Å². The molecule has 8 heteroatoms. The summed E-state index contributed by atoms with van der Waals surface area (Å²) in [5, 5.41) is 13.1. The van der Waals surface area contributed by atoms with Crippen LogP contribution in [0.1, 0.15) is 49.1 Å². The van der Waals surface area contributed by atoms with Crippen molar-refractivity contribution >= 4 is 39.9 Å². The van der Waals surface area contributed by atoms with Gasteiger partial charge in [0.15, 0.2) is 0 Å². The minimum absolute atomic E-state index is 0.104.